The minimum Gasteiger partial charge on any atom is -0.480 e. The van der Waals surface area contributed by atoms with Gasteiger partial charge in [0.1, 0.15) is 6.04 Å². The van der Waals surface area contributed by atoms with E-state index in [1.807, 2.05) is 13.8 Å². The van der Waals surface area contributed by atoms with E-state index in [4.69, 9.17) is 0 Å². The van der Waals surface area contributed by atoms with Crippen LogP contribution in [0, 0.1) is 0 Å². The lowest BCUT2D eigenvalue weighted by molar-refractivity contribution is -0.139. The molecule has 6 heteroatoms. The molecular formula is C14H26N4O2. The molecule has 0 fully saturated rings. The third kappa shape index (κ3) is 4.61. The van der Waals surface area contributed by atoms with Crippen LogP contribution in [0.4, 0.5) is 0 Å². The van der Waals surface area contributed by atoms with Gasteiger partial charge in [0.2, 0.25) is 0 Å². The minimum atomic E-state index is -0.868. The quantitative estimate of drug-likeness (QED) is 0.718. The van der Waals surface area contributed by atoms with Gasteiger partial charge < -0.3 is 10.0 Å². The number of carboxylic acids is 1. The van der Waals surface area contributed by atoms with E-state index in [-0.39, 0.29) is 6.04 Å². The van der Waals surface area contributed by atoms with E-state index in [1.165, 1.54) is 0 Å². The zero-order valence-corrected chi connectivity index (χ0v) is 12.8. The third-order valence-electron chi connectivity index (χ3n) is 3.40. The van der Waals surface area contributed by atoms with Crippen LogP contribution >= 0.6 is 0 Å². The summed E-state index contributed by atoms with van der Waals surface area (Å²) >= 11 is 0. The Kier molecular flexibility index (Phi) is 6.67. The molecule has 0 aliphatic carbocycles. The number of nitrogens with zero attached hydrogens (tertiary/aromatic N) is 3. The highest BCUT2D eigenvalue weighted by atomic mass is 16.4. The summed E-state index contributed by atoms with van der Waals surface area (Å²) in [5, 5.41) is 16.6. The molecule has 0 saturated heterocycles. The zero-order chi connectivity index (χ0) is 15.1. The Labute approximate surface area is 120 Å². The number of aliphatic carboxylic acids is 1. The average Bonchev–Trinajstić information content (AvgIpc) is 2.88. The molecule has 0 aliphatic heterocycles. The normalized spacial score (nSPS) is 13.1. The van der Waals surface area contributed by atoms with Crippen LogP contribution in [0.5, 0.6) is 0 Å². The minimum absolute atomic E-state index is 0.230. The molecule has 1 heterocycles. The lowest BCUT2D eigenvalue weighted by Crippen LogP contribution is -2.36. The van der Waals surface area contributed by atoms with Crippen molar-refractivity contribution in [3.05, 3.63) is 18.0 Å². The summed E-state index contributed by atoms with van der Waals surface area (Å²) in [6, 6.07) is -0.466. The summed E-state index contributed by atoms with van der Waals surface area (Å²) in [4.78, 5) is 13.6. The Bertz CT molecular complexity index is 413. The first-order valence-electron chi connectivity index (χ1n) is 7.22. The van der Waals surface area contributed by atoms with Gasteiger partial charge in [0.15, 0.2) is 0 Å². The number of carbonyl (C=O) groups is 1. The fraction of sp³-hybridized carbons (Fsp3) is 0.714. The van der Waals surface area contributed by atoms with E-state index in [2.05, 4.69) is 29.2 Å². The number of rotatable bonds is 9. The van der Waals surface area contributed by atoms with Crippen LogP contribution in [0.3, 0.4) is 0 Å². The number of likely N-dealkylation sites (N-methyl/N-ethyl adjacent to an activating group) is 1. The van der Waals surface area contributed by atoms with Crippen molar-refractivity contribution >= 4 is 5.97 Å². The monoisotopic (exact) mass is 282 g/mol. The fourth-order valence-electron chi connectivity index (χ4n) is 2.04. The Morgan fingerprint density at radius 3 is 2.55 bits per heavy atom. The summed E-state index contributed by atoms with van der Waals surface area (Å²) in [6.45, 7) is 11.7. The van der Waals surface area contributed by atoms with E-state index >= 15 is 0 Å². The van der Waals surface area contributed by atoms with Crippen molar-refractivity contribution < 1.29 is 9.90 Å². The Hall–Kier alpha value is -1.40. The molecule has 0 spiro atoms. The molecule has 0 aliphatic rings. The van der Waals surface area contributed by atoms with Gasteiger partial charge in [-0.05, 0) is 26.9 Å². The predicted molar refractivity (Wildman–Crippen MR) is 78.8 cm³/mol. The van der Waals surface area contributed by atoms with Crippen LogP contribution in [-0.4, -0.2) is 51.9 Å². The lowest BCUT2D eigenvalue weighted by atomic mass is 10.1. The van der Waals surface area contributed by atoms with Gasteiger partial charge >= 0.3 is 5.97 Å². The lowest BCUT2D eigenvalue weighted by Gasteiger charge is -2.20. The van der Waals surface area contributed by atoms with Gasteiger partial charge in [0.25, 0.3) is 0 Å². The van der Waals surface area contributed by atoms with Gasteiger partial charge in [-0.15, -0.1) is 0 Å². The Morgan fingerprint density at radius 2 is 2.10 bits per heavy atom. The van der Waals surface area contributed by atoms with Crippen LogP contribution in [0.2, 0.25) is 0 Å². The first kappa shape index (κ1) is 16.7. The van der Waals surface area contributed by atoms with Gasteiger partial charge in [-0.1, -0.05) is 13.8 Å². The largest absolute Gasteiger partial charge is 0.480 e. The highest BCUT2D eigenvalue weighted by Crippen LogP contribution is 2.14. The summed E-state index contributed by atoms with van der Waals surface area (Å²) < 4.78 is 1.78. The summed E-state index contributed by atoms with van der Waals surface area (Å²) in [5.74, 6) is -0.868. The van der Waals surface area contributed by atoms with Crippen molar-refractivity contribution in [2.45, 2.75) is 39.8 Å². The van der Waals surface area contributed by atoms with E-state index < -0.39 is 12.0 Å². The number of nitrogens with one attached hydrogen (secondary N) is 1. The summed E-state index contributed by atoms with van der Waals surface area (Å²) in [7, 11) is 0. The summed E-state index contributed by atoms with van der Waals surface area (Å²) in [5.41, 5.74) is 0.700. The van der Waals surface area contributed by atoms with Crippen LogP contribution in [0.15, 0.2) is 12.4 Å². The van der Waals surface area contributed by atoms with E-state index in [9.17, 15) is 9.90 Å². The second-order valence-electron chi connectivity index (χ2n) is 5.10. The van der Waals surface area contributed by atoms with Crippen LogP contribution in [0.1, 0.15) is 45.3 Å². The van der Waals surface area contributed by atoms with Crippen LogP contribution in [-0.2, 0) is 4.79 Å². The van der Waals surface area contributed by atoms with E-state index in [0.29, 0.717) is 12.1 Å². The summed E-state index contributed by atoms with van der Waals surface area (Å²) in [6.07, 6.45) is 3.43. The number of carboxylic acid groups (broad SMARTS) is 1. The highest BCUT2D eigenvalue weighted by molar-refractivity contribution is 5.75. The van der Waals surface area contributed by atoms with Gasteiger partial charge in [-0.25, -0.2) is 0 Å². The fourth-order valence-corrected chi connectivity index (χ4v) is 2.04. The van der Waals surface area contributed by atoms with E-state index in [1.54, 1.807) is 17.1 Å². The van der Waals surface area contributed by atoms with Crippen molar-refractivity contribution in [2.24, 2.45) is 0 Å². The predicted octanol–water partition coefficient (Wildman–Crippen LogP) is 1.52. The molecule has 0 saturated carbocycles. The molecule has 0 radical (unpaired) electrons. The number of aromatic nitrogens is 2. The Morgan fingerprint density at radius 1 is 1.45 bits per heavy atom. The average molecular weight is 282 g/mol. The van der Waals surface area contributed by atoms with Crippen molar-refractivity contribution in [3.8, 4) is 0 Å². The van der Waals surface area contributed by atoms with Crippen molar-refractivity contribution in [1.29, 1.82) is 0 Å². The maximum Gasteiger partial charge on any atom is 0.325 e. The van der Waals surface area contributed by atoms with Crippen molar-refractivity contribution in [1.82, 2.24) is 20.0 Å². The molecule has 2 N–H and O–H groups in total. The molecule has 0 aromatic carbocycles. The first-order chi connectivity index (χ1) is 9.49. The van der Waals surface area contributed by atoms with E-state index in [0.717, 1.165) is 19.6 Å². The van der Waals surface area contributed by atoms with Gasteiger partial charge in [0.05, 0.1) is 6.20 Å². The first-order valence-corrected chi connectivity index (χ1v) is 7.22. The molecule has 6 nitrogen and oxygen atoms in total. The van der Waals surface area contributed by atoms with Gasteiger partial charge in [0, 0.05) is 30.9 Å². The molecule has 1 atom stereocenters. The number of hydrogen-bond acceptors (Lipinski definition) is 4. The van der Waals surface area contributed by atoms with Crippen molar-refractivity contribution in [3.63, 3.8) is 0 Å². The molecule has 1 aromatic rings. The van der Waals surface area contributed by atoms with Gasteiger partial charge in [-0.2, -0.15) is 5.10 Å². The molecule has 114 valence electrons. The second kappa shape index (κ2) is 8.01. The molecule has 0 bridgehead atoms. The SMILES string of the molecule is CCN(CC)CCNC(C(=O)O)c1cnn(C(C)C)c1. The zero-order valence-electron chi connectivity index (χ0n) is 12.8. The standard InChI is InChI=1S/C14H26N4O2/c1-5-17(6-2)8-7-15-13(14(19)20)12-9-16-18(10-12)11(3)4/h9-11,13,15H,5-8H2,1-4H3,(H,19,20). The molecule has 1 unspecified atom stereocenters. The van der Waals surface area contributed by atoms with Crippen LogP contribution < -0.4 is 5.32 Å². The van der Waals surface area contributed by atoms with Crippen LogP contribution in [0.25, 0.3) is 0 Å². The number of hydrogen-bond donors (Lipinski definition) is 2. The molecular weight excluding hydrogens is 256 g/mol. The van der Waals surface area contributed by atoms with Gasteiger partial charge in [-0.3, -0.25) is 14.8 Å². The Balaban J connectivity index is 2.62. The molecule has 0 amide bonds. The maximum absolute atomic E-state index is 11.4. The molecule has 1 rings (SSSR count). The third-order valence-corrected chi connectivity index (χ3v) is 3.40. The smallest absolute Gasteiger partial charge is 0.325 e. The highest BCUT2D eigenvalue weighted by Gasteiger charge is 2.21. The topological polar surface area (TPSA) is 70.4 Å². The second-order valence-corrected chi connectivity index (χ2v) is 5.10. The molecule has 1 aromatic heterocycles. The molecule has 20 heavy (non-hydrogen) atoms. The maximum atomic E-state index is 11.4. The van der Waals surface area contributed by atoms with Crippen molar-refractivity contribution in [2.75, 3.05) is 26.2 Å².